The summed E-state index contributed by atoms with van der Waals surface area (Å²) in [5.41, 5.74) is 1.42. The molecule has 0 spiro atoms. The van der Waals surface area contributed by atoms with Gasteiger partial charge in [0, 0.05) is 12.6 Å². The van der Waals surface area contributed by atoms with E-state index in [-0.39, 0.29) is 11.7 Å². The normalized spacial score (nSPS) is 23.5. The number of carbonyl (C=O) groups excluding carboxylic acids is 1. The molecule has 0 aliphatic carbocycles. The zero-order valence-electron chi connectivity index (χ0n) is 12.6. The SMILES string of the molecule is Cc1ccc(C(=O)N2CCCC2C2CCNCC2)c(O)c1. The van der Waals surface area contributed by atoms with Crippen LogP contribution in [0.3, 0.4) is 0 Å². The molecule has 2 aliphatic rings. The van der Waals surface area contributed by atoms with Crippen LogP contribution in [0.4, 0.5) is 0 Å². The van der Waals surface area contributed by atoms with E-state index in [1.807, 2.05) is 17.9 Å². The van der Waals surface area contributed by atoms with E-state index >= 15 is 0 Å². The van der Waals surface area contributed by atoms with Gasteiger partial charge >= 0.3 is 0 Å². The van der Waals surface area contributed by atoms with Crippen molar-refractivity contribution in [2.24, 2.45) is 5.92 Å². The van der Waals surface area contributed by atoms with Gasteiger partial charge in [0.25, 0.3) is 5.91 Å². The lowest BCUT2D eigenvalue weighted by Gasteiger charge is -2.34. The van der Waals surface area contributed by atoms with Crippen molar-refractivity contribution in [2.75, 3.05) is 19.6 Å². The molecule has 2 N–H and O–H groups in total. The molecule has 0 bridgehead atoms. The van der Waals surface area contributed by atoms with Gasteiger partial charge in [-0.1, -0.05) is 6.07 Å². The number of phenols is 1. The third kappa shape index (κ3) is 2.91. The predicted molar refractivity (Wildman–Crippen MR) is 82.5 cm³/mol. The van der Waals surface area contributed by atoms with Gasteiger partial charge in [0.15, 0.2) is 0 Å². The Morgan fingerprint density at radius 3 is 2.76 bits per heavy atom. The summed E-state index contributed by atoms with van der Waals surface area (Å²) in [6.45, 7) is 4.85. The second kappa shape index (κ2) is 6.06. The van der Waals surface area contributed by atoms with Gasteiger partial charge in [-0.2, -0.15) is 0 Å². The minimum absolute atomic E-state index is 0.00599. The lowest BCUT2D eigenvalue weighted by molar-refractivity contribution is 0.0663. The summed E-state index contributed by atoms with van der Waals surface area (Å²) in [7, 11) is 0. The average molecular weight is 288 g/mol. The number of benzene rings is 1. The number of amides is 1. The highest BCUT2D eigenvalue weighted by molar-refractivity contribution is 5.97. The summed E-state index contributed by atoms with van der Waals surface area (Å²) in [6, 6.07) is 5.66. The van der Waals surface area contributed by atoms with Gasteiger partial charge in [-0.25, -0.2) is 0 Å². The van der Waals surface area contributed by atoms with Crippen LogP contribution in [0.2, 0.25) is 0 Å². The first-order valence-corrected chi connectivity index (χ1v) is 7.98. The molecule has 0 saturated carbocycles. The van der Waals surface area contributed by atoms with E-state index in [9.17, 15) is 9.90 Å². The minimum atomic E-state index is -0.00599. The second-order valence-corrected chi connectivity index (χ2v) is 6.32. The predicted octanol–water partition coefficient (Wildman–Crippen LogP) is 2.30. The Kier molecular flexibility index (Phi) is 4.15. The van der Waals surface area contributed by atoms with Gasteiger partial charge in [0.1, 0.15) is 5.75 Å². The Hall–Kier alpha value is -1.55. The number of nitrogens with zero attached hydrogens (tertiary/aromatic N) is 1. The number of piperidine rings is 1. The van der Waals surface area contributed by atoms with Crippen molar-refractivity contribution in [3.05, 3.63) is 29.3 Å². The van der Waals surface area contributed by atoms with E-state index in [2.05, 4.69) is 5.32 Å². The topological polar surface area (TPSA) is 52.6 Å². The maximum absolute atomic E-state index is 12.8. The number of likely N-dealkylation sites (tertiary alicyclic amines) is 1. The van der Waals surface area contributed by atoms with Crippen LogP contribution in [0.1, 0.15) is 41.6 Å². The Balaban J connectivity index is 1.79. The number of phenolic OH excluding ortho intramolecular Hbond substituents is 1. The standard InChI is InChI=1S/C17H24N2O2/c1-12-4-5-14(16(20)11-12)17(21)19-10-2-3-15(19)13-6-8-18-9-7-13/h4-5,11,13,15,18,20H,2-3,6-10H2,1H3. The van der Waals surface area contributed by atoms with Gasteiger partial charge in [-0.3, -0.25) is 4.79 Å². The van der Waals surface area contributed by atoms with E-state index in [0.29, 0.717) is 17.5 Å². The van der Waals surface area contributed by atoms with Crippen molar-refractivity contribution in [1.82, 2.24) is 10.2 Å². The number of rotatable bonds is 2. The van der Waals surface area contributed by atoms with E-state index in [0.717, 1.165) is 50.9 Å². The van der Waals surface area contributed by atoms with Gasteiger partial charge in [-0.15, -0.1) is 0 Å². The van der Waals surface area contributed by atoms with Crippen LogP contribution in [0.25, 0.3) is 0 Å². The Bertz CT molecular complexity index is 524. The van der Waals surface area contributed by atoms with Gasteiger partial charge < -0.3 is 15.3 Å². The molecule has 2 saturated heterocycles. The molecule has 2 heterocycles. The summed E-state index contributed by atoms with van der Waals surface area (Å²) in [5, 5.41) is 13.4. The summed E-state index contributed by atoms with van der Waals surface area (Å²) in [4.78, 5) is 14.8. The molecule has 1 unspecified atom stereocenters. The molecule has 1 aromatic rings. The molecule has 1 amide bonds. The molecule has 0 aromatic heterocycles. The van der Waals surface area contributed by atoms with Gasteiger partial charge in [-0.05, 0) is 69.3 Å². The number of hydrogen-bond donors (Lipinski definition) is 2. The van der Waals surface area contributed by atoms with Crippen LogP contribution >= 0.6 is 0 Å². The van der Waals surface area contributed by atoms with Crippen LogP contribution in [0, 0.1) is 12.8 Å². The Morgan fingerprint density at radius 2 is 2.05 bits per heavy atom. The summed E-state index contributed by atoms with van der Waals surface area (Å²) in [6.07, 6.45) is 4.47. The molecule has 2 fully saturated rings. The minimum Gasteiger partial charge on any atom is -0.507 e. The number of carbonyl (C=O) groups is 1. The first kappa shape index (κ1) is 14.4. The van der Waals surface area contributed by atoms with Crippen molar-refractivity contribution in [2.45, 2.75) is 38.6 Å². The zero-order chi connectivity index (χ0) is 14.8. The molecular weight excluding hydrogens is 264 g/mol. The molecule has 3 rings (SSSR count). The maximum atomic E-state index is 12.8. The van der Waals surface area contributed by atoms with Gasteiger partial charge in [0.2, 0.25) is 0 Å². The van der Waals surface area contributed by atoms with Crippen molar-refractivity contribution >= 4 is 5.91 Å². The van der Waals surface area contributed by atoms with Crippen molar-refractivity contribution in [3.63, 3.8) is 0 Å². The zero-order valence-corrected chi connectivity index (χ0v) is 12.6. The number of nitrogens with one attached hydrogen (secondary N) is 1. The van der Waals surface area contributed by atoms with Crippen LogP contribution in [0.5, 0.6) is 5.75 Å². The molecule has 114 valence electrons. The summed E-state index contributed by atoms with van der Waals surface area (Å²) in [5.74, 6) is 0.704. The van der Waals surface area contributed by atoms with Crippen molar-refractivity contribution in [3.8, 4) is 5.75 Å². The third-order valence-electron chi connectivity index (χ3n) is 4.87. The first-order chi connectivity index (χ1) is 10.2. The maximum Gasteiger partial charge on any atom is 0.257 e. The highest BCUT2D eigenvalue weighted by atomic mass is 16.3. The molecule has 0 radical (unpaired) electrons. The summed E-state index contributed by atoms with van der Waals surface area (Å²) >= 11 is 0. The molecule has 21 heavy (non-hydrogen) atoms. The van der Waals surface area contributed by atoms with Crippen LogP contribution < -0.4 is 5.32 Å². The Morgan fingerprint density at radius 1 is 1.29 bits per heavy atom. The van der Waals surface area contributed by atoms with Crippen LogP contribution in [-0.2, 0) is 0 Å². The fourth-order valence-corrected chi connectivity index (χ4v) is 3.74. The number of hydrogen-bond acceptors (Lipinski definition) is 3. The number of aryl methyl sites for hydroxylation is 1. The van der Waals surface area contributed by atoms with Crippen LogP contribution in [0.15, 0.2) is 18.2 Å². The van der Waals surface area contributed by atoms with E-state index in [1.54, 1.807) is 12.1 Å². The third-order valence-corrected chi connectivity index (χ3v) is 4.87. The van der Waals surface area contributed by atoms with E-state index < -0.39 is 0 Å². The van der Waals surface area contributed by atoms with E-state index in [4.69, 9.17) is 0 Å². The van der Waals surface area contributed by atoms with Crippen molar-refractivity contribution in [1.29, 1.82) is 0 Å². The Labute approximate surface area is 126 Å². The van der Waals surface area contributed by atoms with Gasteiger partial charge in [0.05, 0.1) is 5.56 Å². The molecule has 1 aromatic carbocycles. The lowest BCUT2D eigenvalue weighted by atomic mass is 9.88. The highest BCUT2D eigenvalue weighted by Gasteiger charge is 2.36. The smallest absolute Gasteiger partial charge is 0.257 e. The molecule has 1 atom stereocenters. The quantitative estimate of drug-likeness (QED) is 0.878. The molecular formula is C17H24N2O2. The monoisotopic (exact) mass is 288 g/mol. The largest absolute Gasteiger partial charge is 0.507 e. The molecule has 2 aliphatic heterocycles. The fourth-order valence-electron chi connectivity index (χ4n) is 3.74. The second-order valence-electron chi connectivity index (χ2n) is 6.32. The van der Waals surface area contributed by atoms with Crippen LogP contribution in [-0.4, -0.2) is 41.6 Å². The molecule has 4 heteroatoms. The average Bonchev–Trinajstić information content (AvgIpc) is 2.97. The van der Waals surface area contributed by atoms with E-state index in [1.165, 1.54) is 0 Å². The summed E-state index contributed by atoms with van der Waals surface area (Å²) < 4.78 is 0. The highest BCUT2D eigenvalue weighted by Crippen LogP contribution is 2.32. The van der Waals surface area contributed by atoms with Crippen molar-refractivity contribution < 1.29 is 9.90 Å². The molecule has 4 nitrogen and oxygen atoms in total. The first-order valence-electron chi connectivity index (χ1n) is 7.98. The fraction of sp³-hybridized carbons (Fsp3) is 0.588. The number of aromatic hydroxyl groups is 1. The lowest BCUT2D eigenvalue weighted by Crippen LogP contribution is -2.43.